The van der Waals surface area contributed by atoms with Gasteiger partial charge in [-0.25, -0.2) is 4.79 Å². The molecule has 1 aromatic rings. The lowest BCUT2D eigenvalue weighted by Crippen LogP contribution is -2.51. The number of rotatable bonds is 3. The predicted molar refractivity (Wildman–Crippen MR) is 72.3 cm³/mol. The van der Waals surface area contributed by atoms with Crippen LogP contribution in [0, 0.1) is 0 Å². The molecule has 0 spiro atoms. The Bertz CT molecular complexity index is 434. The zero-order chi connectivity index (χ0) is 13.1. The second-order valence-electron chi connectivity index (χ2n) is 4.81. The Balaban J connectivity index is 2.24. The average Bonchev–Trinajstić information content (AvgIpc) is 2.39. The van der Waals surface area contributed by atoms with Crippen LogP contribution in [-0.2, 0) is 0 Å². The van der Waals surface area contributed by atoms with Gasteiger partial charge in [0.1, 0.15) is 0 Å². The zero-order valence-electron chi connectivity index (χ0n) is 11.0. The third kappa shape index (κ3) is 2.48. The Morgan fingerprint density at radius 3 is 2.78 bits per heavy atom. The van der Waals surface area contributed by atoms with Crippen molar-refractivity contribution in [3.05, 3.63) is 29.8 Å². The number of benzene rings is 1. The number of piperazine rings is 1. The number of hydrogen-bond donors (Lipinski definition) is 1. The number of aromatic carboxylic acids is 1. The van der Waals surface area contributed by atoms with Gasteiger partial charge in [0, 0.05) is 25.7 Å². The molecule has 0 saturated carbocycles. The van der Waals surface area contributed by atoms with Gasteiger partial charge < -0.3 is 10.0 Å². The van der Waals surface area contributed by atoms with Crippen LogP contribution in [0.1, 0.15) is 23.7 Å². The molecule has 4 heteroatoms. The minimum absolute atomic E-state index is 0.400. The van der Waals surface area contributed by atoms with Gasteiger partial charge in [0.05, 0.1) is 11.3 Å². The molecule has 0 aromatic heterocycles. The third-order valence-electron chi connectivity index (χ3n) is 3.72. The van der Waals surface area contributed by atoms with Crippen LogP contribution < -0.4 is 4.90 Å². The molecular weight excluding hydrogens is 228 g/mol. The van der Waals surface area contributed by atoms with Crippen molar-refractivity contribution < 1.29 is 9.90 Å². The fourth-order valence-electron chi connectivity index (χ4n) is 2.54. The molecule has 1 aromatic carbocycles. The summed E-state index contributed by atoms with van der Waals surface area (Å²) >= 11 is 0. The van der Waals surface area contributed by atoms with E-state index in [0.29, 0.717) is 11.6 Å². The lowest BCUT2D eigenvalue weighted by atomic mass is 10.1. The minimum atomic E-state index is -0.849. The van der Waals surface area contributed by atoms with Crippen LogP contribution >= 0.6 is 0 Å². The molecule has 1 unspecified atom stereocenters. The van der Waals surface area contributed by atoms with Crippen molar-refractivity contribution in [3.8, 4) is 0 Å². The fourth-order valence-corrected chi connectivity index (χ4v) is 2.54. The topological polar surface area (TPSA) is 43.8 Å². The van der Waals surface area contributed by atoms with Gasteiger partial charge in [-0.15, -0.1) is 0 Å². The van der Waals surface area contributed by atoms with Crippen molar-refractivity contribution in [2.45, 2.75) is 19.4 Å². The number of likely N-dealkylation sites (N-methyl/N-ethyl adjacent to an activating group) is 1. The van der Waals surface area contributed by atoms with E-state index in [1.807, 2.05) is 12.1 Å². The standard InChI is InChI=1S/C14H20N2O2/c1-3-11-10-16(9-8-15(11)2)13-7-5-4-6-12(13)14(17)18/h4-7,11H,3,8-10H2,1-2H3,(H,17,18). The van der Waals surface area contributed by atoms with E-state index in [1.165, 1.54) is 0 Å². The van der Waals surface area contributed by atoms with Crippen LogP contribution in [0.3, 0.4) is 0 Å². The van der Waals surface area contributed by atoms with Crippen LogP contribution in [0.25, 0.3) is 0 Å². The molecule has 1 fully saturated rings. The van der Waals surface area contributed by atoms with Crippen LogP contribution in [0.4, 0.5) is 5.69 Å². The van der Waals surface area contributed by atoms with Crippen LogP contribution in [0.2, 0.25) is 0 Å². The Labute approximate surface area is 108 Å². The van der Waals surface area contributed by atoms with Crippen molar-refractivity contribution in [3.63, 3.8) is 0 Å². The van der Waals surface area contributed by atoms with Crippen molar-refractivity contribution in [2.75, 3.05) is 31.6 Å². The summed E-state index contributed by atoms with van der Waals surface area (Å²) in [6.07, 6.45) is 1.09. The summed E-state index contributed by atoms with van der Waals surface area (Å²) in [5.41, 5.74) is 1.24. The quantitative estimate of drug-likeness (QED) is 0.887. The highest BCUT2D eigenvalue weighted by molar-refractivity contribution is 5.94. The van der Waals surface area contributed by atoms with Gasteiger partial charge >= 0.3 is 5.97 Å². The van der Waals surface area contributed by atoms with E-state index in [9.17, 15) is 9.90 Å². The Morgan fingerprint density at radius 2 is 2.11 bits per heavy atom. The lowest BCUT2D eigenvalue weighted by molar-refractivity contribution is 0.0697. The molecule has 0 amide bonds. The van der Waals surface area contributed by atoms with Crippen molar-refractivity contribution >= 4 is 11.7 Å². The maximum Gasteiger partial charge on any atom is 0.337 e. The van der Waals surface area contributed by atoms with E-state index in [-0.39, 0.29) is 0 Å². The summed E-state index contributed by atoms with van der Waals surface area (Å²) in [4.78, 5) is 15.8. The SMILES string of the molecule is CCC1CN(c2ccccc2C(=O)O)CCN1C. The first-order chi connectivity index (χ1) is 8.63. The number of anilines is 1. The summed E-state index contributed by atoms with van der Waals surface area (Å²) in [5.74, 6) is -0.849. The molecule has 4 nitrogen and oxygen atoms in total. The van der Waals surface area contributed by atoms with Gasteiger partial charge in [-0.3, -0.25) is 4.90 Å². The monoisotopic (exact) mass is 248 g/mol. The summed E-state index contributed by atoms with van der Waals surface area (Å²) in [5, 5.41) is 9.23. The van der Waals surface area contributed by atoms with E-state index in [2.05, 4.69) is 23.8 Å². The number of para-hydroxylation sites is 1. The van der Waals surface area contributed by atoms with E-state index in [0.717, 1.165) is 31.7 Å². The molecule has 1 saturated heterocycles. The second-order valence-corrected chi connectivity index (χ2v) is 4.81. The number of hydrogen-bond acceptors (Lipinski definition) is 3. The molecule has 0 bridgehead atoms. The summed E-state index contributed by atoms with van der Waals surface area (Å²) in [6.45, 7) is 4.94. The van der Waals surface area contributed by atoms with Crippen molar-refractivity contribution in [2.24, 2.45) is 0 Å². The highest BCUT2D eigenvalue weighted by Gasteiger charge is 2.25. The van der Waals surface area contributed by atoms with E-state index in [4.69, 9.17) is 0 Å². The van der Waals surface area contributed by atoms with Crippen LogP contribution in [0.5, 0.6) is 0 Å². The molecule has 18 heavy (non-hydrogen) atoms. The Hall–Kier alpha value is -1.55. The van der Waals surface area contributed by atoms with Gasteiger partial charge in [-0.05, 0) is 25.6 Å². The first-order valence-corrected chi connectivity index (χ1v) is 6.41. The predicted octanol–water partition coefficient (Wildman–Crippen LogP) is 1.92. The summed E-state index contributed by atoms with van der Waals surface area (Å²) in [6, 6.07) is 7.76. The van der Waals surface area contributed by atoms with Gasteiger partial charge in [-0.1, -0.05) is 19.1 Å². The van der Waals surface area contributed by atoms with Crippen LogP contribution in [0.15, 0.2) is 24.3 Å². The van der Waals surface area contributed by atoms with E-state index < -0.39 is 5.97 Å². The lowest BCUT2D eigenvalue weighted by Gasteiger charge is -2.40. The number of carbonyl (C=O) groups is 1. The molecule has 0 radical (unpaired) electrons. The molecule has 2 rings (SSSR count). The fraction of sp³-hybridized carbons (Fsp3) is 0.500. The van der Waals surface area contributed by atoms with Gasteiger partial charge in [-0.2, -0.15) is 0 Å². The molecule has 1 heterocycles. The van der Waals surface area contributed by atoms with Gasteiger partial charge in [0.15, 0.2) is 0 Å². The normalized spacial score (nSPS) is 21.0. The Kier molecular flexibility index (Phi) is 3.87. The van der Waals surface area contributed by atoms with Crippen molar-refractivity contribution in [1.29, 1.82) is 0 Å². The molecule has 1 atom stereocenters. The van der Waals surface area contributed by atoms with Gasteiger partial charge in [0.25, 0.3) is 0 Å². The molecule has 1 N–H and O–H groups in total. The third-order valence-corrected chi connectivity index (χ3v) is 3.72. The van der Waals surface area contributed by atoms with Crippen LogP contribution in [-0.4, -0.2) is 48.7 Å². The second kappa shape index (κ2) is 5.40. The number of carboxylic acid groups (broad SMARTS) is 1. The molecule has 98 valence electrons. The largest absolute Gasteiger partial charge is 0.478 e. The molecule has 0 aliphatic carbocycles. The zero-order valence-corrected chi connectivity index (χ0v) is 11.0. The summed E-state index contributed by atoms with van der Waals surface area (Å²) < 4.78 is 0. The van der Waals surface area contributed by atoms with E-state index in [1.54, 1.807) is 12.1 Å². The smallest absolute Gasteiger partial charge is 0.337 e. The first-order valence-electron chi connectivity index (χ1n) is 6.41. The first kappa shape index (κ1) is 12.9. The minimum Gasteiger partial charge on any atom is -0.478 e. The molecular formula is C14H20N2O2. The average molecular weight is 248 g/mol. The van der Waals surface area contributed by atoms with Gasteiger partial charge in [0.2, 0.25) is 0 Å². The maximum absolute atomic E-state index is 11.2. The number of carboxylic acids is 1. The highest BCUT2D eigenvalue weighted by Crippen LogP contribution is 2.23. The highest BCUT2D eigenvalue weighted by atomic mass is 16.4. The molecule has 1 aliphatic rings. The van der Waals surface area contributed by atoms with Crippen molar-refractivity contribution in [1.82, 2.24) is 4.90 Å². The maximum atomic E-state index is 11.2. The number of nitrogens with zero attached hydrogens (tertiary/aromatic N) is 2. The van der Waals surface area contributed by atoms with E-state index >= 15 is 0 Å². The molecule has 1 aliphatic heterocycles. The summed E-state index contributed by atoms with van der Waals surface area (Å²) in [7, 11) is 2.13. The Morgan fingerprint density at radius 1 is 1.39 bits per heavy atom.